The number of anilines is 1. The van der Waals surface area contributed by atoms with Crippen molar-refractivity contribution >= 4 is 27.8 Å². The fraction of sp³-hybridized carbons (Fsp3) is 0.294. The van der Waals surface area contributed by atoms with Crippen molar-refractivity contribution in [3.63, 3.8) is 0 Å². The highest BCUT2D eigenvalue weighted by Gasteiger charge is 2.19. The molecular weight excluding hydrogens is 262 g/mol. The van der Waals surface area contributed by atoms with E-state index in [2.05, 4.69) is 11.0 Å². The molecule has 0 aliphatic carbocycles. The van der Waals surface area contributed by atoms with E-state index in [4.69, 9.17) is 4.98 Å². The molecule has 0 radical (unpaired) electrons. The lowest BCUT2D eigenvalue weighted by Gasteiger charge is -2.29. The topological polar surface area (TPSA) is 43.1 Å². The summed E-state index contributed by atoms with van der Waals surface area (Å²) in [4.78, 5) is 7.11. The second-order valence-electron chi connectivity index (χ2n) is 5.59. The van der Waals surface area contributed by atoms with Crippen LogP contribution in [-0.4, -0.2) is 18.1 Å². The number of aromatic nitrogens is 2. The van der Waals surface area contributed by atoms with Gasteiger partial charge < -0.3 is 10.1 Å². The summed E-state index contributed by atoms with van der Waals surface area (Å²) in [6.45, 7) is 2.10. The molecule has 4 nitrogen and oxygen atoms in total. The molecule has 4 heteroatoms. The van der Waals surface area contributed by atoms with Crippen molar-refractivity contribution in [1.82, 2.24) is 4.98 Å². The third-order valence-electron chi connectivity index (χ3n) is 4.24. The van der Waals surface area contributed by atoms with Crippen LogP contribution in [0.25, 0.3) is 22.1 Å². The number of benzene rings is 2. The summed E-state index contributed by atoms with van der Waals surface area (Å²) in [5, 5.41) is 12.6. The summed E-state index contributed by atoms with van der Waals surface area (Å²) in [6, 6.07) is 13.4. The highest BCUT2D eigenvalue weighted by Crippen LogP contribution is 2.27. The first kappa shape index (κ1) is 12.4. The number of para-hydroxylation sites is 3. The monoisotopic (exact) mass is 279 g/mol. The zero-order valence-electron chi connectivity index (χ0n) is 11.8. The summed E-state index contributed by atoms with van der Waals surface area (Å²) in [7, 11) is 0. The minimum Gasteiger partial charge on any atom is -0.618 e. The summed E-state index contributed by atoms with van der Waals surface area (Å²) in [5.74, 6) is 0. The van der Waals surface area contributed by atoms with E-state index in [1.807, 2.05) is 36.4 Å². The summed E-state index contributed by atoms with van der Waals surface area (Å²) in [6.07, 6.45) is 3.71. The van der Waals surface area contributed by atoms with Crippen molar-refractivity contribution in [3.8, 4) is 0 Å². The van der Waals surface area contributed by atoms with E-state index in [1.165, 1.54) is 19.3 Å². The van der Waals surface area contributed by atoms with Crippen LogP contribution in [0.1, 0.15) is 19.3 Å². The molecule has 0 unspecified atom stereocenters. The smallest absolute Gasteiger partial charge is 0.245 e. The molecule has 1 aromatic heterocycles. The van der Waals surface area contributed by atoms with Crippen molar-refractivity contribution < 1.29 is 4.73 Å². The largest absolute Gasteiger partial charge is 0.618 e. The van der Waals surface area contributed by atoms with Crippen LogP contribution in [0.4, 0.5) is 5.69 Å². The van der Waals surface area contributed by atoms with Crippen molar-refractivity contribution in [3.05, 3.63) is 47.7 Å². The van der Waals surface area contributed by atoms with E-state index in [9.17, 15) is 5.21 Å². The second-order valence-corrected chi connectivity index (χ2v) is 5.59. The van der Waals surface area contributed by atoms with Gasteiger partial charge in [-0.25, -0.2) is 4.98 Å². The zero-order chi connectivity index (χ0) is 14.2. The molecule has 2 heterocycles. The van der Waals surface area contributed by atoms with Crippen LogP contribution < -0.4 is 9.63 Å². The first-order chi connectivity index (χ1) is 10.3. The third kappa shape index (κ3) is 1.98. The molecule has 0 saturated carbocycles. The van der Waals surface area contributed by atoms with Crippen molar-refractivity contribution in [2.45, 2.75) is 19.3 Å². The number of rotatable bonds is 1. The fourth-order valence-electron chi connectivity index (χ4n) is 3.17. The van der Waals surface area contributed by atoms with Gasteiger partial charge in [-0.2, -0.15) is 4.73 Å². The predicted molar refractivity (Wildman–Crippen MR) is 84.3 cm³/mol. The van der Waals surface area contributed by atoms with Gasteiger partial charge >= 0.3 is 0 Å². The number of fused-ring (bicyclic) bond motifs is 2. The number of hydrogen-bond acceptors (Lipinski definition) is 3. The molecule has 0 amide bonds. The Labute approximate surface area is 123 Å². The quantitative estimate of drug-likeness (QED) is 0.391. The lowest BCUT2D eigenvalue weighted by atomic mass is 10.1. The van der Waals surface area contributed by atoms with E-state index in [0.717, 1.165) is 34.5 Å². The van der Waals surface area contributed by atoms with Gasteiger partial charge in [-0.15, -0.1) is 0 Å². The van der Waals surface area contributed by atoms with E-state index in [-0.39, 0.29) is 0 Å². The maximum absolute atomic E-state index is 12.6. The SMILES string of the molecule is [O-][n+]1c2ccccc2nc2c(N3CCCCC3)cccc21. The summed E-state index contributed by atoms with van der Waals surface area (Å²) >= 11 is 0. The van der Waals surface area contributed by atoms with Crippen molar-refractivity contribution in [2.75, 3.05) is 18.0 Å². The first-order valence-corrected chi connectivity index (χ1v) is 7.50. The zero-order valence-corrected chi connectivity index (χ0v) is 11.8. The average Bonchev–Trinajstić information content (AvgIpc) is 2.56. The van der Waals surface area contributed by atoms with Gasteiger partial charge in [0.1, 0.15) is 5.52 Å². The lowest BCUT2D eigenvalue weighted by Crippen LogP contribution is -2.32. The van der Waals surface area contributed by atoms with Gasteiger partial charge in [0, 0.05) is 25.2 Å². The Kier molecular flexibility index (Phi) is 2.88. The third-order valence-corrected chi connectivity index (χ3v) is 4.24. The average molecular weight is 279 g/mol. The van der Waals surface area contributed by atoms with Gasteiger partial charge in [0.05, 0.1) is 5.69 Å². The second kappa shape index (κ2) is 4.88. The highest BCUT2D eigenvalue weighted by molar-refractivity contribution is 5.90. The molecule has 0 bridgehead atoms. The molecule has 0 N–H and O–H groups in total. The van der Waals surface area contributed by atoms with Crippen LogP contribution in [0.15, 0.2) is 42.5 Å². The van der Waals surface area contributed by atoms with Crippen LogP contribution in [0.5, 0.6) is 0 Å². The molecule has 21 heavy (non-hydrogen) atoms. The Balaban J connectivity index is 1.99. The maximum Gasteiger partial charge on any atom is 0.245 e. The summed E-state index contributed by atoms with van der Waals surface area (Å²) < 4.78 is 1.01. The number of hydrogen-bond donors (Lipinski definition) is 0. The first-order valence-electron chi connectivity index (χ1n) is 7.50. The van der Waals surface area contributed by atoms with Crippen molar-refractivity contribution in [1.29, 1.82) is 0 Å². The van der Waals surface area contributed by atoms with Gasteiger partial charge in [0.2, 0.25) is 11.0 Å². The van der Waals surface area contributed by atoms with Crippen molar-refractivity contribution in [2.24, 2.45) is 0 Å². The molecule has 106 valence electrons. The predicted octanol–water partition coefficient (Wildman–Crippen LogP) is 3.01. The Morgan fingerprint density at radius 2 is 1.67 bits per heavy atom. The molecule has 1 saturated heterocycles. The molecular formula is C17H17N3O. The van der Waals surface area contributed by atoms with Crippen LogP contribution >= 0.6 is 0 Å². The Hall–Kier alpha value is -2.36. The minimum atomic E-state index is 0.626. The van der Waals surface area contributed by atoms with Crippen LogP contribution in [0.3, 0.4) is 0 Å². The molecule has 0 atom stereocenters. The molecule has 1 aliphatic rings. The van der Waals surface area contributed by atoms with Gasteiger partial charge in [-0.1, -0.05) is 18.2 Å². The van der Waals surface area contributed by atoms with Gasteiger partial charge in [-0.3, -0.25) is 0 Å². The normalized spacial score (nSPS) is 15.7. The standard InChI is InChI=1S/C17H17N3O/c21-20-14-8-3-2-7-13(14)18-17-15(9-6-10-16(17)20)19-11-4-1-5-12-19/h2-3,6-10H,1,4-5,11-12H2. The highest BCUT2D eigenvalue weighted by atomic mass is 16.5. The van der Waals surface area contributed by atoms with Crippen LogP contribution in [0, 0.1) is 5.21 Å². The lowest BCUT2D eigenvalue weighted by molar-refractivity contribution is -0.548. The fourth-order valence-corrected chi connectivity index (χ4v) is 3.17. The van der Waals surface area contributed by atoms with Gasteiger partial charge in [-0.05, 0) is 31.4 Å². The minimum absolute atomic E-state index is 0.626. The molecule has 3 aromatic rings. The Morgan fingerprint density at radius 1 is 0.905 bits per heavy atom. The van der Waals surface area contributed by atoms with Gasteiger partial charge in [0.15, 0.2) is 5.52 Å². The number of piperidine rings is 1. The van der Waals surface area contributed by atoms with E-state index < -0.39 is 0 Å². The van der Waals surface area contributed by atoms with E-state index in [0.29, 0.717) is 11.0 Å². The van der Waals surface area contributed by atoms with Gasteiger partial charge in [0.25, 0.3) is 0 Å². The molecule has 1 aliphatic heterocycles. The van der Waals surface area contributed by atoms with Crippen LogP contribution in [-0.2, 0) is 0 Å². The Bertz CT molecular complexity index is 810. The molecule has 0 spiro atoms. The van der Waals surface area contributed by atoms with E-state index >= 15 is 0 Å². The molecule has 1 fully saturated rings. The molecule has 2 aromatic carbocycles. The van der Waals surface area contributed by atoms with E-state index in [1.54, 1.807) is 0 Å². The molecule has 4 rings (SSSR count). The van der Waals surface area contributed by atoms with Crippen LogP contribution in [0.2, 0.25) is 0 Å². The Morgan fingerprint density at radius 3 is 2.52 bits per heavy atom. The number of nitrogens with zero attached hydrogens (tertiary/aromatic N) is 3. The maximum atomic E-state index is 12.6. The summed E-state index contributed by atoms with van der Waals surface area (Å²) in [5.41, 5.74) is 3.93.